The van der Waals surface area contributed by atoms with E-state index in [-0.39, 0.29) is 11.6 Å². The molecule has 0 saturated carbocycles. The van der Waals surface area contributed by atoms with Crippen LogP contribution in [0, 0.1) is 0 Å². The molecule has 1 aromatic heterocycles. The molecule has 0 saturated heterocycles. The third-order valence-electron chi connectivity index (χ3n) is 7.01. The summed E-state index contributed by atoms with van der Waals surface area (Å²) >= 11 is 14.9. The summed E-state index contributed by atoms with van der Waals surface area (Å²) in [5.74, 6) is -0.418. The molecule has 1 atom stereocenters. The van der Waals surface area contributed by atoms with Gasteiger partial charge in [0.2, 0.25) is 5.91 Å². The predicted octanol–water partition coefficient (Wildman–Crippen LogP) is 9.43. The van der Waals surface area contributed by atoms with Crippen molar-refractivity contribution in [1.82, 2.24) is 10.3 Å². The molecular weight excluding hydrogens is 699 g/mol. The molecule has 49 heavy (non-hydrogen) atoms. The first-order chi connectivity index (χ1) is 23.7. The summed E-state index contributed by atoms with van der Waals surface area (Å²) < 4.78 is 5.52. The Morgan fingerprint density at radius 3 is 2.39 bits per heavy atom. The fourth-order valence-corrected chi connectivity index (χ4v) is 6.61. The van der Waals surface area contributed by atoms with Crippen molar-refractivity contribution < 1.29 is 19.1 Å². The Hall–Kier alpha value is -4.61. The van der Waals surface area contributed by atoms with Crippen LogP contribution >= 0.6 is 46.3 Å². The van der Waals surface area contributed by atoms with Crippen LogP contribution < -0.4 is 20.7 Å². The normalized spacial score (nSPS) is 11.8. The van der Waals surface area contributed by atoms with E-state index >= 15 is 0 Å². The van der Waals surface area contributed by atoms with Crippen molar-refractivity contribution in [2.24, 2.45) is 0 Å². The number of amides is 3. The van der Waals surface area contributed by atoms with Gasteiger partial charge in [-0.3, -0.25) is 14.4 Å². The van der Waals surface area contributed by atoms with Gasteiger partial charge >= 0.3 is 0 Å². The Balaban J connectivity index is 1.28. The number of hydrogen-bond donors (Lipinski definition) is 3. The minimum Gasteiger partial charge on any atom is -0.494 e. The lowest BCUT2D eigenvalue weighted by Gasteiger charge is -2.15. The topological polar surface area (TPSA) is 109 Å². The van der Waals surface area contributed by atoms with E-state index in [1.807, 2.05) is 37.4 Å². The lowest BCUT2D eigenvalue weighted by atomic mass is 10.1. The van der Waals surface area contributed by atoms with Crippen LogP contribution in [0.25, 0.3) is 17.3 Å². The van der Waals surface area contributed by atoms with Gasteiger partial charge in [0.25, 0.3) is 11.8 Å². The van der Waals surface area contributed by atoms with Crippen LogP contribution in [0.15, 0.2) is 113 Å². The number of thiazole rings is 1. The SMILES string of the molecule is CCOc1ccc(/C=C(/NC(=O)c2ccccc2)C(=O)Nc2cccc(SC(CC)C(=O)Nc3nc(-c4ccc(Cl)c(Cl)c4)cs3)c2)cc1. The molecule has 0 spiro atoms. The molecule has 1 unspecified atom stereocenters. The van der Waals surface area contributed by atoms with Gasteiger partial charge in [-0.25, -0.2) is 4.98 Å². The zero-order valence-electron chi connectivity index (χ0n) is 26.5. The third kappa shape index (κ3) is 9.96. The van der Waals surface area contributed by atoms with Crippen molar-refractivity contribution in [2.45, 2.75) is 30.4 Å². The van der Waals surface area contributed by atoms with Crippen molar-refractivity contribution in [2.75, 3.05) is 17.2 Å². The van der Waals surface area contributed by atoms with E-state index in [1.165, 1.54) is 23.1 Å². The van der Waals surface area contributed by atoms with Crippen molar-refractivity contribution in [1.29, 1.82) is 0 Å². The molecule has 8 nitrogen and oxygen atoms in total. The quantitative estimate of drug-likeness (QED) is 0.0823. The zero-order chi connectivity index (χ0) is 34.8. The molecule has 5 aromatic rings. The summed E-state index contributed by atoms with van der Waals surface area (Å²) in [5, 5.41) is 11.3. The number of carbonyl (C=O) groups excluding carboxylic acids is 3. The summed E-state index contributed by atoms with van der Waals surface area (Å²) in [4.78, 5) is 45.2. The first kappa shape index (κ1) is 35.7. The Kier molecular flexibility index (Phi) is 12.5. The van der Waals surface area contributed by atoms with Gasteiger partial charge in [0.15, 0.2) is 5.13 Å². The first-order valence-corrected chi connectivity index (χ1v) is 17.8. The Labute approximate surface area is 302 Å². The molecule has 1 heterocycles. The molecule has 5 rings (SSSR count). The maximum Gasteiger partial charge on any atom is 0.272 e. The highest BCUT2D eigenvalue weighted by molar-refractivity contribution is 8.00. The standard InChI is InChI=1S/C37H32Cl2N4O4S2/c1-3-33(36(46)43-37-42-32(22-48-37)25-15-18-29(38)30(39)20-25)49-28-12-8-11-26(21-28)40-35(45)31(41-34(44)24-9-6-5-7-10-24)19-23-13-16-27(17-14-23)47-4-2/h5-22,33H,3-4H2,1-2H3,(H,40,45)(H,41,44)(H,42,43,46)/b31-19+. The number of carbonyl (C=O) groups is 3. The molecule has 0 aliphatic carbocycles. The smallest absolute Gasteiger partial charge is 0.272 e. The van der Waals surface area contributed by atoms with Crippen LogP contribution in [0.5, 0.6) is 5.75 Å². The van der Waals surface area contributed by atoms with Gasteiger partial charge in [-0.2, -0.15) is 0 Å². The molecule has 4 aromatic carbocycles. The Bertz CT molecular complexity index is 1970. The number of nitrogens with zero attached hydrogens (tertiary/aromatic N) is 1. The molecule has 0 bridgehead atoms. The number of hydrogen-bond acceptors (Lipinski definition) is 7. The van der Waals surface area contributed by atoms with Gasteiger partial charge in [-0.1, -0.05) is 72.6 Å². The van der Waals surface area contributed by atoms with E-state index in [4.69, 9.17) is 27.9 Å². The first-order valence-electron chi connectivity index (χ1n) is 15.3. The van der Waals surface area contributed by atoms with E-state index in [2.05, 4.69) is 20.9 Å². The maximum absolute atomic E-state index is 13.6. The van der Waals surface area contributed by atoms with Crippen LogP contribution in [0.4, 0.5) is 10.8 Å². The van der Waals surface area contributed by atoms with Crippen molar-refractivity contribution in [3.63, 3.8) is 0 Å². The van der Waals surface area contributed by atoms with Gasteiger partial charge in [0, 0.05) is 27.1 Å². The summed E-state index contributed by atoms with van der Waals surface area (Å²) in [7, 11) is 0. The van der Waals surface area contributed by atoms with Gasteiger partial charge in [-0.05, 0) is 79.6 Å². The average Bonchev–Trinajstić information content (AvgIpc) is 3.57. The lowest BCUT2D eigenvalue weighted by Crippen LogP contribution is -2.30. The van der Waals surface area contributed by atoms with Gasteiger partial charge in [-0.15, -0.1) is 23.1 Å². The highest BCUT2D eigenvalue weighted by atomic mass is 35.5. The average molecular weight is 732 g/mol. The number of benzene rings is 4. The monoisotopic (exact) mass is 730 g/mol. The Morgan fingerprint density at radius 2 is 1.67 bits per heavy atom. The van der Waals surface area contributed by atoms with E-state index in [9.17, 15) is 14.4 Å². The largest absolute Gasteiger partial charge is 0.494 e. The van der Waals surface area contributed by atoms with Crippen molar-refractivity contribution in [3.8, 4) is 17.0 Å². The second-order valence-corrected chi connectivity index (χ2v) is 13.5. The van der Waals surface area contributed by atoms with Crippen LogP contribution in [-0.4, -0.2) is 34.6 Å². The minimum atomic E-state index is -0.508. The summed E-state index contributed by atoms with van der Waals surface area (Å²) in [5.41, 5.74) is 3.15. The van der Waals surface area contributed by atoms with E-state index < -0.39 is 17.1 Å². The molecule has 0 fully saturated rings. The summed E-state index contributed by atoms with van der Waals surface area (Å²) in [6, 6.07) is 28.3. The number of aromatic nitrogens is 1. The number of thioether (sulfide) groups is 1. The van der Waals surface area contributed by atoms with E-state index in [0.717, 1.165) is 10.5 Å². The van der Waals surface area contributed by atoms with Crippen LogP contribution in [0.3, 0.4) is 0 Å². The van der Waals surface area contributed by atoms with Crippen LogP contribution in [-0.2, 0) is 9.59 Å². The zero-order valence-corrected chi connectivity index (χ0v) is 29.7. The highest BCUT2D eigenvalue weighted by Gasteiger charge is 2.21. The molecular formula is C37H32Cl2N4O4S2. The fourth-order valence-electron chi connectivity index (χ4n) is 4.57. The van der Waals surface area contributed by atoms with E-state index in [0.29, 0.717) is 56.5 Å². The molecule has 0 radical (unpaired) electrons. The molecule has 0 aliphatic rings. The van der Waals surface area contributed by atoms with Crippen LogP contribution in [0.2, 0.25) is 10.0 Å². The van der Waals surface area contributed by atoms with Crippen LogP contribution in [0.1, 0.15) is 36.2 Å². The van der Waals surface area contributed by atoms with Gasteiger partial charge in [0.05, 0.1) is 27.6 Å². The minimum absolute atomic E-state index is 0.0607. The molecule has 3 amide bonds. The number of ether oxygens (including phenoxy) is 1. The molecule has 250 valence electrons. The van der Waals surface area contributed by atoms with Crippen molar-refractivity contribution >= 4 is 80.9 Å². The maximum atomic E-state index is 13.6. The highest BCUT2D eigenvalue weighted by Crippen LogP contribution is 2.32. The van der Waals surface area contributed by atoms with E-state index in [1.54, 1.807) is 84.9 Å². The Morgan fingerprint density at radius 1 is 0.898 bits per heavy atom. The van der Waals surface area contributed by atoms with Crippen molar-refractivity contribution in [3.05, 3.63) is 129 Å². The number of halogens is 2. The summed E-state index contributed by atoms with van der Waals surface area (Å²) in [6.45, 7) is 4.36. The third-order valence-corrected chi connectivity index (χ3v) is 9.87. The fraction of sp³-hybridized carbons (Fsp3) is 0.135. The molecule has 12 heteroatoms. The summed E-state index contributed by atoms with van der Waals surface area (Å²) in [6.07, 6.45) is 2.16. The van der Waals surface area contributed by atoms with Gasteiger partial charge < -0.3 is 20.7 Å². The number of rotatable bonds is 13. The number of nitrogens with one attached hydrogen (secondary N) is 3. The lowest BCUT2D eigenvalue weighted by molar-refractivity contribution is -0.116. The second kappa shape index (κ2) is 17.2. The molecule has 0 aliphatic heterocycles. The second-order valence-electron chi connectivity index (χ2n) is 10.5. The van der Waals surface area contributed by atoms with Gasteiger partial charge in [0.1, 0.15) is 11.4 Å². The molecule has 3 N–H and O–H groups in total. The predicted molar refractivity (Wildman–Crippen MR) is 201 cm³/mol. The number of anilines is 2.